The number of rotatable bonds is 3. The number of oxime groups is 1. The molecule has 0 spiro atoms. The molecule has 0 unspecified atom stereocenters. The van der Waals surface area contributed by atoms with Gasteiger partial charge in [0.1, 0.15) is 17.5 Å². The molecule has 1 heterocycles. The fourth-order valence-corrected chi connectivity index (χ4v) is 2.54. The minimum Gasteiger partial charge on any atom is -0.409 e. The van der Waals surface area contributed by atoms with Gasteiger partial charge >= 0.3 is 0 Å². The molecule has 0 bridgehead atoms. The summed E-state index contributed by atoms with van der Waals surface area (Å²) in [5, 5.41) is 11.9. The van der Waals surface area contributed by atoms with Crippen LogP contribution in [0.1, 0.15) is 25.3 Å². The molecule has 1 aromatic rings. The second-order valence-electron chi connectivity index (χ2n) is 5.60. The molecule has 1 aliphatic heterocycles. The lowest BCUT2D eigenvalue weighted by Gasteiger charge is -2.38. The van der Waals surface area contributed by atoms with Crippen molar-refractivity contribution in [1.82, 2.24) is 4.90 Å². The number of likely N-dealkylation sites (tertiary alicyclic amines) is 1. The smallest absolute Gasteiger partial charge is 0.145 e. The molecular weight excluding hydrogens is 264 g/mol. The van der Waals surface area contributed by atoms with Crippen LogP contribution in [-0.2, 0) is 6.54 Å². The molecular formula is C14H19F2N3O. The summed E-state index contributed by atoms with van der Waals surface area (Å²) in [6.07, 6.45) is 1.50. The Morgan fingerprint density at radius 1 is 1.30 bits per heavy atom. The molecule has 1 saturated heterocycles. The van der Waals surface area contributed by atoms with Crippen LogP contribution in [-0.4, -0.2) is 29.0 Å². The van der Waals surface area contributed by atoms with Gasteiger partial charge in [-0.2, -0.15) is 0 Å². The Morgan fingerprint density at radius 3 is 2.35 bits per heavy atom. The Morgan fingerprint density at radius 2 is 1.85 bits per heavy atom. The molecule has 1 aromatic carbocycles. The molecule has 3 N–H and O–H groups in total. The summed E-state index contributed by atoms with van der Waals surface area (Å²) in [7, 11) is 0. The van der Waals surface area contributed by atoms with E-state index in [0.29, 0.717) is 12.1 Å². The van der Waals surface area contributed by atoms with E-state index in [9.17, 15) is 8.78 Å². The second kappa shape index (κ2) is 5.75. The van der Waals surface area contributed by atoms with Crippen molar-refractivity contribution in [3.05, 3.63) is 35.4 Å². The maximum absolute atomic E-state index is 13.1. The van der Waals surface area contributed by atoms with E-state index in [1.807, 2.05) is 6.92 Å². The van der Waals surface area contributed by atoms with Gasteiger partial charge in [-0.05, 0) is 43.6 Å². The monoisotopic (exact) mass is 283 g/mol. The number of piperidine rings is 1. The zero-order valence-electron chi connectivity index (χ0n) is 11.4. The van der Waals surface area contributed by atoms with Crippen LogP contribution in [0.15, 0.2) is 23.4 Å². The third kappa shape index (κ3) is 3.25. The van der Waals surface area contributed by atoms with Crippen molar-refractivity contribution < 1.29 is 14.0 Å². The molecule has 20 heavy (non-hydrogen) atoms. The van der Waals surface area contributed by atoms with Crippen molar-refractivity contribution >= 4 is 5.84 Å². The van der Waals surface area contributed by atoms with Gasteiger partial charge in [0.15, 0.2) is 0 Å². The predicted molar refractivity (Wildman–Crippen MR) is 72.4 cm³/mol. The van der Waals surface area contributed by atoms with Crippen molar-refractivity contribution in [3.63, 3.8) is 0 Å². The second-order valence-corrected chi connectivity index (χ2v) is 5.60. The number of hydrogen-bond donors (Lipinski definition) is 2. The molecule has 6 heteroatoms. The minimum absolute atomic E-state index is 0.244. The van der Waals surface area contributed by atoms with Gasteiger partial charge in [-0.25, -0.2) is 8.78 Å². The molecule has 0 aromatic heterocycles. The summed E-state index contributed by atoms with van der Waals surface area (Å²) in [5.41, 5.74) is 6.02. The quantitative estimate of drug-likeness (QED) is 0.387. The number of amidine groups is 1. The van der Waals surface area contributed by atoms with Gasteiger partial charge < -0.3 is 10.9 Å². The summed E-state index contributed by atoms with van der Waals surface area (Å²) >= 11 is 0. The zero-order chi connectivity index (χ0) is 14.8. The first kappa shape index (κ1) is 14.7. The van der Waals surface area contributed by atoms with Gasteiger partial charge in [-0.1, -0.05) is 12.1 Å². The highest BCUT2D eigenvalue weighted by molar-refractivity contribution is 5.85. The van der Waals surface area contributed by atoms with Crippen LogP contribution >= 0.6 is 0 Å². The molecule has 0 aliphatic carbocycles. The number of benzene rings is 1. The van der Waals surface area contributed by atoms with Crippen LogP contribution in [0, 0.1) is 17.0 Å². The SMILES string of the molecule is CC1(/C(N)=N/O)CCN(Cc2cc(F)cc(F)c2)CC1. The van der Waals surface area contributed by atoms with Crippen LogP contribution in [0.3, 0.4) is 0 Å². The van der Waals surface area contributed by atoms with E-state index in [1.54, 1.807) is 0 Å². The third-order valence-corrected chi connectivity index (χ3v) is 4.01. The Labute approximate surface area is 116 Å². The number of halogens is 2. The lowest BCUT2D eigenvalue weighted by atomic mass is 9.79. The maximum Gasteiger partial charge on any atom is 0.145 e. The van der Waals surface area contributed by atoms with Gasteiger partial charge in [0.05, 0.1) is 0 Å². The number of nitrogens with two attached hydrogens (primary N) is 1. The summed E-state index contributed by atoms with van der Waals surface area (Å²) < 4.78 is 26.3. The van der Waals surface area contributed by atoms with Crippen molar-refractivity contribution in [3.8, 4) is 0 Å². The van der Waals surface area contributed by atoms with Crippen LogP contribution in [0.2, 0.25) is 0 Å². The Bertz CT molecular complexity index is 491. The highest BCUT2D eigenvalue weighted by Gasteiger charge is 2.34. The van der Waals surface area contributed by atoms with E-state index < -0.39 is 11.6 Å². The van der Waals surface area contributed by atoms with E-state index in [1.165, 1.54) is 12.1 Å². The van der Waals surface area contributed by atoms with Crippen molar-refractivity contribution in [2.45, 2.75) is 26.3 Å². The van der Waals surface area contributed by atoms with Gasteiger partial charge in [0.2, 0.25) is 0 Å². The molecule has 0 amide bonds. The Balaban J connectivity index is 1.98. The standard InChI is InChI=1S/C14H19F2N3O/c1-14(13(17)18-20)2-4-19(5-3-14)9-10-6-11(15)8-12(16)7-10/h6-8,20H,2-5,9H2,1H3,(H2,17,18). The third-order valence-electron chi connectivity index (χ3n) is 4.01. The van der Waals surface area contributed by atoms with Crippen molar-refractivity contribution in [2.75, 3.05) is 13.1 Å². The predicted octanol–water partition coefficient (Wildman–Crippen LogP) is 2.31. The van der Waals surface area contributed by atoms with Crippen LogP contribution in [0.5, 0.6) is 0 Å². The van der Waals surface area contributed by atoms with E-state index >= 15 is 0 Å². The normalized spacial score (nSPS) is 20.1. The lowest BCUT2D eigenvalue weighted by Crippen LogP contribution is -2.45. The maximum atomic E-state index is 13.1. The summed E-state index contributed by atoms with van der Waals surface area (Å²) in [6.45, 7) is 3.94. The average molecular weight is 283 g/mol. The first-order chi connectivity index (χ1) is 9.43. The molecule has 110 valence electrons. The molecule has 1 aliphatic rings. The van der Waals surface area contributed by atoms with E-state index in [2.05, 4.69) is 10.1 Å². The first-order valence-corrected chi connectivity index (χ1v) is 6.58. The van der Waals surface area contributed by atoms with Crippen molar-refractivity contribution in [1.29, 1.82) is 0 Å². The number of hydrogen-bond acceptors (Lipinski definition) is 3. The lowest BCUT2D eigenvalue weighted by molar-refractivity contribution is 0.152. The topological polar surface area (TPSA) is 61.9 Å². The molecule has 2 rings (SSSR count). The van der Waals surface area contributed by atoms with E-state index in [-0.39, 0.29) is 11.3 Å². The minimum atomic E-state index is -0.557. The summed E-state index contributed by atoms with van der Waals surface area (Å²) in [6, 6.07) is 3.57. The van der Waals surface area contributed by atoms with Crippen molar-refractivity contribution in [2.24, 2.45) is 16.3 Å². The first-order valence-electron chi connectivity index (χ1n) is 6.58. The Hall–Kier alpha value is -1.69. The average Bonchev–Trinajstić information content (AvgIpc) is 2.39. The van der Waals surface area contributed by atoms with E-state index in [4.69, 9.17) is 10.9 Å². The van der Waals surface area contributed by atoms with Crippen LogP contribution in [0.4, 0.5) is 8.78 Å². The molecule has 4 nitrogen and oxygen atoms in total. The molecule has 0 radical (unpaired) electrons. The van der Waals surface area contributed by atoms with Crippen LogP contribution < -0.4 is 5.73 Å². The highest BCUT2D eigenvalue weighted by Crippen LogP contribution is 2.31. The largest absolute Gasteiger partial charge is 0.409 e. The highest BCUT2D eigenvalue weighted by atomic mass is 19.1. The van der Waals surface area contributed by atoms with Gasteiger partial charge in [-0.15, -0.1) is 0 Å². The summed E-state index contributed by atoms with van der Waals surface area (Å²) in [5.74, 6) is -0.869. The fourth-order valence-electron chi connectivity index (χ4n) is 2.54. The molecule has 0 atom stereocenters. The van der Waals surface area contributed by atoms with E-state index in [0.717, 1.165) is 32.0 Å². The summed E-state index contributed by atoms with van der Waals surface area (Å²) in [4.78, 5) is 2.11. The zero-order valence-corrected chi connectivity index (χ0v) is 11.4. The molecule has 1 fully saturated rings. The number of nitrogens with zero attached hydrogens (tertiary/aromatic N) is 2. The van der Waals surface area contributed by atoms with Gasteiger partial charge in [0.25, 0.3) is 0 Å². The van der Waals surface area contributed by atoms with Crippen LogP contribution in [0.25, 0.3) is 0 Å². The Kier molecular flexibility index (Phi) is 4.23. The molecule has 0 saturated carbocycles. The van der Waals surface area contributed by atoms with Gasteiger partial charge in [-0.3, -0.25) is 4.90 Å². The van der Waals surface area contributed by atoms with Gasteiger partial charge in [0, 0.05) is 18.0 Å². The fraction of sp³-hybridized carbons (Fsp3) is 0.500.